The van der Waals surface area contributed by atoms with E-state index in [9.17, 15) is 5.11 Å². The predicted molar refractivity (Wildman–Crippen MR) is 88.7 cm³/mol. The molecule has 1 rings (SSSR count). The SMILES string of the molecule is CC(C)OCCN(C)CC(O)c1ccc(C(C)(C)C)cc1. The lowest BCUT2D eigenvalue weighted by Gasteiger charge is -2.23. The molecule has 1 N–H and O–H groups in total. The summed E-state index contributed by atoms with van der Waals surface area (Å²) in [4.78, 5) is 2.10. The summed E-state index contributed by atoms with van der Waals surface area (Å²) in [5.41, 5.74) is 2.41. The second-order valence-corrected chi connectivity index (χ2v) is 7.07. The number of rotatable bonds is 7. The fraction of sp³-hybridized carbons (Fsp3) is 0.667. The highest BCUT2D eigenvalue weighted by molar-refractivity contribution is 5.28. The Hall–Kier alpha value is -0.900. The Balaban J connectivity index is 2.49. The molecule has 0 fully saturated rings. The van der Waals surface area contributed by atoms with Crippen molar-refractivity contribution in [1.29, 1.82) is 0 Å². The second kappa shape index (κ2) is 7.92. The summed E-state index contributed by atoms with van der Waals surface area (Å²) in [7, 11) is 2.01. The van der Waals surface area contributed by atoms with Crippen LogP contribution in [0.15, 0.2) is 24.3 Å². The van der Waals surface area contributed by atoms with Crippen molar-refractivity contribution in [2.45, 2.75) is 52.2 Å². The second-order valence-electron chi connectivity index (χ2n) is 7.07. The van der Waals surface area contributed by atoms with Gasteiger partial charge in [-0.1, -0.05) is 45.0 Å². The summed E-state index contributed by atoms with van der Waals surface area (Å²) in [6.45, 7) is 12.8. The first-order valence-electron chi connectivity index (χ1n) is 7.79. The third-order valence-electron chi connectivity index (χ3n) is 3.57. The summed E-state index contributed by atoms with van der Waals surface area (Å²) in [6, 6.07) is 8.29. The van der Waals surface area contributed by atoms with E-state index in [1.54, 1.807) is 0 Å². The van der Waals surface area contributed by atoms with Crippen LogP contribution in [0.5, 0.6) is 0 Å². The fourth-order valence-electron chi connectivity index (χ4n) is 2.14. The molecule has 0 aromatic heterocycles. The minimum atomic E-state index is -0.455. The highest BCUT2D eigenvalue weighted by Gasteiger charge is 2.15. The lowest BCUT2D eigenvalue weighted by atomic mass is 9.86. The van der Waals surface area contributed by atoms with Crippen LogP contribution in [-0.4, -0.2) is 42.9 Å². The number of likely N-dealkylation sites (N-methyl/N-ethyl adjacent to an activating group) is 1. The minimum Gasteiger partial charge on any atom is -0.387 e. The van der Waals surface area contributed by atoms with E-state index in [1.807, 2.05) is 33.0 Å². The van der Waals surface area contributed by atoms with Crippen molar-refractivity contribution in [3.8, 4) is 0 Å². The standard InChI is InChI=1S/C18H31NO2/c1-14(2)21-12-11-19(6)13-17(20)15-7-9-16(10-8-15)18(3,4)5/h7-10,14,17,20H,11-13H2,1-6H3. The van der Waals surface area contributed by atoms with Crippen LogP contribution >= 0.6 is 0 Å². The molecule has 21 heavy (non-hydrogen) atoms. The number of nitrogens with zero attached hydrogens (tertiary/aromatic N) is 1. The molecule has 3 nitrogen and oxygen atoms in total. The Labute approximate surface area is 129 Å². The maximum atomic E-state index is 10.3. The van der Waals surface area contributed by atoms with Crippen molar-refractivity contribution in [3.05, 3.63) is 35.4 Å². The van der Waals surface area contributed by atoms with Crippen molar-refractivity contribution in [2.75, 3.05) is 26.7 Å². The third-order valence-corrected chi connectivity index (χ3v) is 3.57. The summed E-state index contributed by atoms with van der Waals surface area (Å²) in [5, 5.41) is 10.3. The van der Waals surface area contributed by atoms with Crippen molar-refractivity contribution in [1.82, 2.24) is 4.90 Å². The van der Waals surface area contributed by atoms with E-state index < -0.39 is 6.10 Å². The molecule has 0 spiro atoms. The highest BCUT2D eigenvalue weighted by Crippen LogP contribution is 2.24. The van der Waals surface area contributed by atoms with Crippen molar-refractivity contribution in [2.24, 2.45) is 0 Å². The molecule has 0 bridgehead atoms. The van der Waals surface area contributed by atoms with Gasteiger partial charge in [0.2, 0.25) is 0 Å². The van der Waals surface area contributed by atoms with E-state index in [1.165, 1.54) is 5.56 Å². The molecule has 1 atom stereocenters. The van der Waals surface area contributed by atoms with E-state index in [0.717, 1.165) is 12.1 Å². The molecule has 120 valence electrons. The quantitative estimate of drug-likeness (QED) is 0.836. The van der Waals surface area contributed by atoms with Crippen LogP contribution in [0.25, 0.3) is 0 Å². The molecular weight excluding hydrogens is 262 g/mol. The van der Waals surface area contributed by atoms with Gasteiger partial charge in [0.05, 0.1) is 18.8 Å². The summed E-state index contributed by atoms with van der Waals surface area (Å²) in [6.07, 6.45) is -0.198. The van der Waals surface area contributed by atoms with E-state index in [-0.39, 0.29) is 11.5 Å². The maximum Gasteiger partial charge on any atom is 0.0916 e. The van der Waals surface area contributed by atoms with Gasteiger partial charge in [0, 0.05) is 13.1 Å². The number of benzene rings is 1. The molecule has 3 heteroatoms. The average Bonchev–Trinajstić information content (AvgIpc) is 2.37. The third kappa shape index (κ3) is 6.60. The smallest absolute Gasteiger partial charge is 0.0916 e. The van der Waals surface area contributed by atoms with Gasteiger partial charge in [0.15, 0.2) is 0 Å². The van der Waals surface area contributed by atoms with E-state index in [0.29, 0.717) is 13.2 Å². The van der Waals surface area contributed by atoms with Crippen LogP contribution in [0.4, 0.5) is 0 Å². The molecule has 0 aliphatic rings. The van der Waals surface area contributed by atoms with E-state index in [2.05, 4.69) is 37.8 Å². The zero-order chi connectivity index (χ0) is 16.0. The van der Waals surface area contributed by atoms with Gasteiger partial charge in [0.1, 0.15) is 0 Å². The lowest BCUT2D eigenvalue weighted by Crippen LogP contribution is -2.28. The lowest BCUT2D eigenvalue weighted by molar-refractivity contribution is 0.0519. The molecule has 0 aliphatic carbocycles. The zero-order valence-corrected chi connectivity index (χ0v) is 14.4. The molecule has 0 radical (unpaired) electrons. The summed E-state index contributed by atoms with van der Waals surface area (Å²) < 4.78 is 5.53. The molecule has 0 saturated heterocycles. The number of hydrogen-bond acceptors (Lipinski definition) is 3. The largest absolute Gasteiger partial charge is 0.387 e. The minimum absolute atomic E-state index is 0.147. The van der Waals surface area contributed by atoms with Gasteiger partial charge >= 0.3 is 0 Å². The first-order valence-corrected chi connectivity index (χ1v) is 7.79. The Morgan fingerprint density at radius 3 is 2.19 bits per heavy atom. The number of aliphatic hydroxyl groups excluding tert-OH is 1. The van der Waals surface area contributed by atoms with Gasteiger partial charge in [-0.15, -0.1) is 0 Å². The molecule has 0 saturated carbocycles. The Morgan fingerprint density at radius 1 is 1.14 bits per heavy atom. The molecular formula is C18H31NO2. The normalized spacial score (nSPS) is 14.0. The first kappa shape index (κ1) is 18.1. The van der Waals surface area contributed by atoms with Crippen molar-refractivity contribution >= 4 is 0 Å². The molecule has 0 heterocycles. The van der Waals surface area contributed by atoms with E-state index in [4.69, 9.17) is 4.74 Å². The topological polar surface area (TPSA) is 32.7 Å². The van der Waals surface area contributed by atoms with Crippen LogP contribution in [0.3, 0.4) is 0 Å². The summed E-state index contributed by atoms with van der Waals surface area (Å²) in [5.74, 6) is 0. The van der Waals surface area contributed by atoms with Crippen LogP contribution in [0, 0.1) is 0 Å². The fourth-order valence-corrected chi connectivity index (χ4v) is 2.14. The van der Waals surface area contributed by atoms with Crippen LogP contribution in [0.1, 0.15) is 51.8 Å². The van der Waals surface area contributed by atoms with Gasteiger partial charge in [-0.25, -0.2) is 0 Å². The van der Waals surface area contributed by atoms with Crippen molar-refractivity contribution in [3.63, 3.8) is 0 Å². The Morgan fingerprint density at radius 2 is 1.71 bits per heavy atom. The molecule has 1 aromatic carbocycles. The first-order chi connectivity index (χ1) is 9.70. The Bertz CT molecular complexity index is 406. The molecule has 1 unspecified atom stereocenters. The average molecular weight is 293 g/mol. The monoisotopic (exact) mass is 293 g/mol. The number of hydrogen-bond donors (Lipinski definition) is 1. The van der Waals surface area contributed by atoms with E-state index >= 15 is 0 Å². The number of ether oxygens (including phenoxy) is 1. The molecule has 1 aromatic rings. The Kier molecular flexibility index (Phi) is 6.85. The highest BCUT2D eigenvalue weighted by atomic mass is 16.5. The van der Waals surface area contributed by atoms with Crippen molar-refractivity contribution < 1.29 is 9.84 Å². The van der Waals surface area contributed by atoms with Gasteiger partial charge in [-0.3, -0.25) is 0 Å². The van der Waals surface area contributed by atoms with Crippen LogP contribution in [0.2, 0.25) is 0 Å². The predicted octanol–water partition coefficient (Wildman–Crippen LogP) is 3.37. The molecule has 0 aliphatic heterocycles. The van der Waals surface area contributed by atoms with Gasteiger partial charge in [0.25, 0.3) is 0 Å². The van der Waals surface area contributed by atoms with Crippen LogP contribution < -0.4 is 0 Å². The number of aliphatic hydroxyl groups is 1. The van der Waals surface area contributed by atoms with Gasteiger partial charge in [-0.05, 0) is 37.4 Å². The molecule has 0 amide bonds. The van der Waals surface area contributed by atoms with Crippen LogP contribution in [-0.2, 0) is 10.2 Å². The van der Waals surface area contributed by atoms with Gasteiger partial charge in [-0.2, -0.15) is 0 Å². The van der Waals surface area contributed by atoms with Gasteiger partial charge < -0.3 is 14.7 Å². The zero-order valence-electron chi connectivity index (χ0n) is 14.4. The maximum absolute atomic E-state index is 10.3. The summed E-state index contributed by atoms with van der Waals surface area (Å²) >= 11 is 0.